The lowest BCUT2D eigenvalue weighted by Gasteiger charge is -2.09. The summed E-state index contributed by atoms with van der Waals surface area (Å²) < 4.78 is 6.45. The number of para-hydroxylation sites is 2. The number of anilines is 2. The number of carbonyl (C=O) groups excluding carboxylic acids is 2. The van der Waals surface area contributed by atoms with Gasteiger partial charge in [0.15, 0.2) is 0 Å². The Bertz CT molecular complexity index is 1480. The van der Waals surface area contributed by atoms with Gasteiger partial charge in [-0.05, 0) is 42.8 Å². The van der Waals surface area contributed by atoms with Gasteiger partial charge in [-0.15, -0.1) is 11.3 Å². The van der Waals surface area contributed by atoms with Gasteiger partial charge in [-0.1, -0.05) is 35.3 Å². The summed E-state index contributed by atoms with van der Waals surface area (Å²) in [7, 11) is 1.51. The summed E-state index contributed by atoms with van der Waals surface area (Å²) in [6, 6.07) is 11.7. The zero-order chi connectivity index (χ0) is 24.4. The van der Waals surface area contributed by atoms with Crippen LogP contribution in [0.3, 0.4) is 0 Å². The highest BCUT2D eigenvalue weighted by atomic mass is 35.5. The molecule has 0 fully saturated rings. The summed E-state index contributed by atoms with van der Waals surface area (Å²) >= 11 is 13.1. The number of thiophene rings is 1. The van der Waals surface area contributed by atoms with E-state index in [-0.39, 0.29) is 22.9 Å². The molecule has 0 aliphatic heterocycles. The lowest BCUT2D eigenvalue weighted by Crippen LogP contribution is -2.28. The van der Waals surface area contributed by atoms with Crippen molar-refractivity contribution in [2.75, 3.05) is 17.7 Å². The van der Waals surface area contributed by atoms with Crippen molar-refractivity contribution in [2.24, 2.45) is 0 Å². The number of nitrogens with one attached hydrogen (secondary N) is 2. The summed E-state index contributed by atoms with van der Waals surface area (Å²) in [6.07, 6.45) is 1.28. The molecule has 0 bridgehead atoms. The quantitative estimate of drug-likeness (QED) is 0.376. The van der Waals surface area contributed by atoms with Crippen LogP contribution in [0.2, 0.25) is 10.0 Å². The lowest BCUT2D eigenvalue weighted by molar-refractivity contribution is -0.116. The summed E-state index contributed by atoms with van der Waals surface area (Å²) in [4.78, 5) is 43.6. The minimum Gasteiger partial charge on any atom is -0.495 e. The van der Waals surface area contributed by atoms with Gasteiger partial charge in [0.25, 0.3) is 11.5 Å². The van der Waals surface area contributed by atoms with Gasteiger partial charge in [-0.25, -0.2) is 4.98 Å². The molecule has 0 saturated carbocycles. The smallest absolute Gasteiger partial charge is 0.266 e. The minimum atomic E-state index is -0.463. The second kappa shape index (κ2) is 9.84. The Morgan fingerprint density at radius 1 is 1.12 bits per heavy atom. The van der Waals surface area contributed by atoms with Gasteiger partial charge in [0.1, 0.15) is 17.1 Å². The van der Waals surface area contributed by atoms with Crippen molar-refractivity contribution in [3.8, 4) is 5.75 Å². The molecule has 0 unspecified atom stereocenters. The van der Waals surface area contributed by atoms with Crippen molar-refractivity contribution in [3.63, 3.8) is 0 Å². The maximum absolute atomic E-state index is 13.1. The van der Waals surface area contributed by atoms with Gasteiger partial charge in [0.05, 0.1) is 40.1 Å². The Labute approximate surface area is 208 Å². The molecule has 0 saturated heterocycles. The van der Waals surface area contributed by atoms with Crippen molar-refractivity contribution < 1.29 is 14.3 Å². The third-order valence-corrected chi connectivity index (χ3v) is 6.74. The highest BCUT2D eigenvalue weighted by molar-refractivity contribution is 7.20. The normalized spacial score (nSPS) is 10.8. The molecule has 34 heavy (non-hydrogen) atoms. The Kier molecular flexibility index (Phi) is 6.87. The number of amides is 2. The fourth-order valence-electron chi connectivity index (χ4n) is 3.35. The van der Waals surface area contributed by atoms with Crippen LogP contribution < -0.4 is 20.9 Å². The Morgan fingerprint density at radius 2 is 1.88 bits per heavy atom. The number of benzene rings is 2. The molecular weight excluding hydrogens is 499 g/mol. The average Bonchev–Trinajstić information content (AvgIpc) is 3.15. The van der Waals surface area contributed by atoms with Crippen molar-refractivity contribution in [3.05, 3.63) is 79.6 Å². The van der Waals surface area contributed by atoms with Gasteiger partial charge < -0.3 is 15.4 Å². The number of aromatic nitrogens is 2. The van der Waals surface area contributed by atoms with E-state index >= 15 is 0 Å². The predicted octanol–water partition coefficient (Wildman–Crippen LogP) is 4.97. The maximum atomic E-state index is 13.1. The summed E-state index contributed by atoms with van der Waals surface area (Å²) in [5, 5.41) is 6.46. The molecule has 2 aromatic heterocycles. The van der Waals surface area contributed by atoms with Crippen LogP contribution in [0.15, 0.2) is 53.6 Å². The number of hydrogen-bond donors (Lipinski definition) is 2. The van der Waals surface area contributed by atoms with Gasteiger partial charge in [-0.2, -0.15) is 0 Å². The fourth-order valence-corrected chi connectivity index (χ4v) is 4.84. The Hall–Kier alpha value is -3.40. The number of rotatable bonds is 6. The summed E-state index contributed by atoms with van der Waals surface area (Å²) in [6.45, 7) is 1.40. The second-order valence-electron chi connectivity index (χ2n) is 7.24. The van der Waals surface area contributed by atoms with E-state index in [4.69, 9.17) is 27.9 Å². The molecule has 2 heterocycles. The van der Waals surface area contributed by atoms with Crippen LogP contribution in [-0.4, -0.2) is 28.5 Å². The Morgan fingerprint density at radius 3 is 2.62 bits per heavy atom. The number of carbonyl (C=O) groups is 2. The number of aryl methyl sites for hydroxylation is 1. The maximum Gasteiger partial charge on any atom is 0.266 e. The minimum absolute atomic E-state index is 0.279. The van der Waals surface area contributed by atoms with E-state index < -0.39 is 11.5 Å². The van der Waals surface area contributed by atoms with Crippen LogP contribution in [0.25, 0.3) is 10.2 Å². The van der Waals surface area contributed by atoms with E-state index in [2.05, 4.69) is 15.6 Å². The molecule has 2 N–H and O–H groups in total. The van der Waals surface area contributed by atoms with Gasteiger partial charge in [0.2, 0.25) is 5.91 Å². The van der Waals surface area contributed by atoms with E-state index in [0.29, 0.717) is 37.4 Å². The third-order valence-electron chi connectivity index (χ3n) is 5.00. The number of methoxy groups -OCH3 is 1. The molecule has 0 aliphatic carbocycles. The van der Waals surface area contributed by atoms with Crippen molar-refractivity contribution >= 4 is 67.9 Å². The highest BCUT2D eigenvalue weighted by Gasteiger charge is 2.21. The molecule has 4 rings (SSSR count). The number of nitrogens with zero attached hydrogens (tertiary/aromatic N) is 2. The monoisotopic (exact) mass is 516 g/mol. The Balaban J connectivity index is 1.59. The first-order chi connectivity index (χ1) is 16.3. The molecule has 8 nitrogen and oxygen atoms in total. The first-order valence-corrected chi connectivity index (χ1v) is 11.5. The summed E-state index contributed by atoms with van der Waals surface area (Å²) in [5.74, 6) is -0.331. The molecule has 0 radical (unpaired) electrons. The van der Waals surface area contributed by atoms with Crippen molar-refractivity contribution in [1.82, 2.24) is 9.55 Å². The average molecular weight is 517 g/mol. The van der Waals surface area contributed by atoms with Crippen molar-refractivity contribution in [1.29, 1.82) is 0 Å². The molecule has 0 aliphatic rings. The first-order valence-electron chi connectivity index (χ1n) is 9.96. The van der Waals surface area contributed by atoms with Gasteiger partial charge in [0, 0.05) is 5.02 Å². The van der Waals surface area contributed by atoms with Crippen LogP contribution in [0.1, 0.15) is 15.2 Å². The van der Waals surface area contributed by atoms with Gasteiger partial charge in [-0.3, -0.25) is 19.0 Å². The molecule has 2 aromatic carbocycles. The summed E-state index contributed by atoms with van der Waals surface area (Å²) in [5.41, 5.74) is 0.947. The van der Waals surface area contributed by atoms with E-state index in [1.165, 1.54) is 24.1 Å². The van der Waals surface area contributed by atoms with E-state index in [0.717, 1.165) is 11.3 Å². The molecule has 0 spiro atoms. The molecule has 0 atom stereocenters. The van der Waals surface area contributed by atoms with Crippen LogP contribution in [0, 0.1) is 6.92 Å². The van der Waals surface area contributed by atoms with Crippen molar-refractivity contribution in [2.45, 2.75) is 13.5 Å². The molecule has 11 heteroatoms. The lowest BCUT2D eigenvalue weighted by atomic mass is 10.2. The topological polar surface area (TPSA) is 102 Å². The number of hydrogen-bond acceptors (Lipinski definition) is 6. The third kappa shape index (κ3) is 4.77. The van der Waals surface area contributed by atoms with Crippen LogP contribution >= 0.6 is 34.5 Å². The molecule has 2 amide bonds. The second-order valence-corrected chi connectivity index (χ2v) is 9.08. The largest absolute Gasteiger partial charge is 0.495 e. The van der Waals surface area contributed by atoms with Gasteiger partial charge >= 0.3 is 0 Å². The number of halogens is 2. The predicted molar refractivity (Wildman–Crippen MR) is 135 cm³/mol. The highest BCUT2D eigenvalue weighted by Crippen LogP contribution is 2.30. The van der Waals surface area contributed by atoms with Crippen LogP contribution in [0.5, 0.6) is 5.75 Å². The van der Waals surface area contributed by atoms with Crippen LogP contribution in [0.4, 0.5) is 11.4 Å². The number of fused-ring (bicyclic) bond motifs is 1. The van der Waals surface area contributed by atoms with E-state index in [1.807, 2.05) is 0 Å². The number of ether oxygens (including phenoxy) is 1. The SMILES string of the molecule is COc1ccccc1NC(=O)c1sc2ncn(CC(=O)Nc3ccc(Cl)cc3Cl)c(=O)c2c1C. The fraction of sp³-hybridized carbons (Fsp3) is 0.130. The van der Waals surface area contributed by atoms with E-state index in [9.17, 15) is 14.4 Å². The molecular formula is C23H18Cl2N4O4S. The first kappa shape index (κ1) is 23.7. The molecule has 4 aromatic rings. The molecule has 174 valence electrons. The standard InChI is InChI=1S/C23H18Cl2N4O4S/c1-12-19-22(34-20(12)21(31)28-16-5-3-4-6-17(16)33-2)26-11-29(23(19)32)10-18(30)27-15-8-7-13(24)9-14(15)25/h3-9,11H,10H2,1-2H3,(H,27,30)(H,28,31). The van der Waals surface area contributed by atoms with E-state index in [1.54, 1.807) is 43.3 Å². The zero-order valence-electron chi connectivity index (χ0n) is 18.0. The van der Waals surface area contributed by atoms with Crippen LogP contribution in [-0.2, 0) is 11.3 Å². The zero-order valence-corrected chi connectivity index (χ0v) is 20.3.